The topological polar surface area (TPSA) is 117 Å². The van der Waals surface area contributed by atoms with E-state index in [2.05, 4.69) is 23.5 Å². The van der Waals surface area contributed by atoms with Gasteiger partial charge >= 0.3 is 11.9 Å². The molecular weight excluding hydrogens is 402 g/mol. The lowest BCUT2D eigenvalue weighted by Gasteiger charge is -2.25. The number of aliphatic hydroxyl groups is 3. The van der Waals surface area contributed by atoms with Crippen LogP contribution in [-0.2, 0) is 14.3 Å². The number of esters is 2. The van der Waals surface area contributed by atoms with Crippen LogP contribution in [0.3, 0.4) is 0 Å². The number of unbranched alkanes of at least 4 members (excludes halogenated alkanes) is 4. The van der Waals surface area contributed by atoms with Gasteiger partial charge in [0.2, 0.25) is 5.76 Å². The maximum Gasteiger partial charge on any atom is 0.377 e. The van der Waals surface area contributed by atoms with Gasteiger partial charge in [-0.25, -0.2) is 9.59 Å². The molecule has 1 heterocycles. The summed E-state index contributed by atoms with van der Waals surface area (Å²) in [6.07, 6.45) is 3.96. The van der Waals surface area contributed by atoms with Crippen molar-refractivity contribution in [2.24, 2.45) is 0 Å². The number of benzene rings is 1. The van der Waals surface area contributed by atoms with Crippen molar-refractivity contribution >= 4 is 17.6 Å². The maximum absolute atomic E-state index is 12.3. The molecule has 1 aromatic carbocycles. The van der Waals surface area contributed by atoms with Gasteiger partial charge in [-0.3, -0.25) is 0 Å². The van der Waals surface area contributed by atoms with Crippen molar-refractivity contribution in [2.75, 3.05) is 24.6 Å². The van der Waals surface area contributed by atoms with Crippen molar-refractivity contribution in [3.63, 3.8) is 0 Å². The zero-order valence-electron chi connectivity index (χ0n) is 18.2. The van der Waals surface area contributed by atoms with Crippen molar-refractivity contribution in [3.8, 4) is 0 Å². The molecule has 1 aliphatic rings. The average Bonchev–Trinajstić information content (AvgIpc) is 3.04. The van der Waals surface area contributed by atoms with E-state index in [0.29, 0.717) is 5.56 Å². The van der Waals surface area contributed by atoms with Crippen LogP contribution in [0.2, 0.25) is 0 Å². The molecule has 0 saturated heterocycles. The number of ether oxygens (including phenoxy) is 2. The fourth-order valence-corrected chi connectivity index (χ4v) is 3.34. The smallest absolute Gasteiger partial charge is 0.377 e. The largest absolute Gasteiger partial charge is 0.505 e. The summed E-state index contributed by atoms with van der Waals surface area (Å²) in [5.74, 6) is -3.51. The van der Waals surface area contributed by atoms with E-state index in [4.69, 9.17) is 4.74 Å². The van der Waals surface area contributed by atoms with E-state index >= 15 is 0 Å². The first-order valence-electron chi connectivity index (χ1n) is 10.9. The van der Waals surface area contributed by atoms with Gasteiger partial charge < -0.3 is 29.7 Å². The predicted octanol–water partition coefficient (Wildman–Crippen LogP) is 3.64. The molecule has 1 aliphatic heterocycles. The van der Waals surface area contributed by atoms with Crippen LogP contribution >= 0.6 is 0 Å². The van der Waals surface area contributed by atoms with Crippen LogP contribution in [0, 0.1) is 0 Å². The minimum absolute atomic E-state index is 0.323. The van der Waals surface area contributed by atoms with E-state index in [0.717, 1.165) is 44.5 Å². The number of cyclic esters (lactones) is 1. The molecule has 172 valence electrons. The van der Waals surface area contributed by atoms with E-state index in [9.17, 15) is 24.9 Å². The standard InChI is InChI=1S/C23H33NO7/c1-3-5-7-13-24(14-8-6-4-2)17-11-9-16(10-12-17)22(28)30-15-18(25)21-19(26)20(27)23(29)31-21/h9-12,18,21,25-27H,3-8,13-15H2,1-2H3. The molecule has 0 bridgehead atoms. The molecule has 8 heteroatoms. The predicted molar refractivity (Wildman–Crippen MR) is 116 cm³/mol. The quantitative estimate of drug-likeness (QED) is 0.318. The Kier molecular flexibility index (Phi) is 9.65. The molecular formula is C23H33NO7. The Hall–Kier alpha value is -2.74. The molecule has 2 atom stereocenters. The summed E-state index contributed by atoms with van der Waals surface area (Å²) >= 11 is 0. The third-order valence-electron chi connectivity index (χ3n) is 5.21. The molecule has 0 aromatic heterocycles. The fourth-order valence-electron chi connectivity index (χ4n) is 3.34. The average molecular weight is 436 g/mol. The van der Waals surface area contributed by atoms with Crippen LogP contribution in [0.25, 0.3) is 0 Å². The van der Waals surface area contributed by atoms with Gasteiger partial charge in [0.25, 0.3) is 0 Å². The third kappa shape index (κ3) is 6.89. The van der Waals surface area contributed by atoms with Gasteiger partial charge in [0.15, 0.2) is 11.9 Å². The van der Waals surface area contributed by atoms with Gasteiger partial charge in [-0.05, 0) is 37.1 Å². The zero-order chi connectivity index (χ0) is 22.8. The molecule has 0 radical (unpaired) electrons. The number of nitrogens with zero attached hydrogens (tertiary/aromatic N) is 1. The number of hydrogen-bond acceptors (Lipinski definition) is 8. The van der Waals surface area contributed by atoms with Gasteiger partial charge in [-0.15, -0.1) is 0 Å². The molecule has 2 unspecified atom stereocenters. The van der Waals surface area contributed by atoms with Crippen LogP contribution in [0.15, 0.2) is 35.8 Å². The lowest BCUT2D eigenvalue weighted by molar-refractivity contribution is -0.147. The first-order valence-corrected chi connectivity index (χ1v) is 10.9. The van der Waals surface area contributed by atoms with Crippen LogP contribution in [-0.4, -0.2) is 59.2 Å². The first-order chi connectivity index (χ1) is 14.9. The highest BCUT2D eigenvalue weighted by Crippen LogP contribution is 2.22. The van der Waals surface area contributed by atoms with Crippen molar-refractivity contribution < 1.29 is 34.4 Å². The Morgan fingerprint density at radius 3 is 2.13 bits per heavy atom. The van der Waals surface area contributed by atoms with Gasteiger partial charge in [0.05, 0.1) is 5.56 Å². The molecule has 0 aliphatic carbocycles. The summed E-state index contributed by atoms with van der Waals surface area (Å²) in [5, 5.41) is 28.9. The number of rotatable bonds is 13. The highest BCUT2D eigenvalue weighted by molar-refractivity contribution is 5.90. The molecule has 31 heavy (non-hydrogen) atoms. The summed E-state index contributed by atoms with van der Waals surface area (Å²) in [7, 11) is 0. The Labute approximate surface area is 183 Å². The summed E-state index contributed by atoms with van der Waals surface area (Å²) in [5.41, 5.74) is 1.37. The monoisotopic (exact) mass is 435 g/mol. The minimum Gasteiger partial charge on any atom is -0.505 e. The number of hydrogen-bond donors (Lipinski definition) is 3. The minimum atomic E-state index is -1.50. The van der Waals surface area contributed by atoms with E-state index < -0.39 is 42.3 Å². The van der Waals surface area contributed by atoms with Crippen molar-refractivity contribution in [1.29, 1.82) is 0 Å². The van der Waals surface area contributed by atoms with Gasteiger partial charge in [-0.2, -0.15) is 0 Å². The highest BCUT2D eigenvalue weighted by atomic mass is 16.6. The molecule has 0 amide bonds. The fraction of sp³-hybridized carbons (Fsp3) is 0.565. The zero-order valence-corrected chi connectivity index (χ0v) is 18.2. The van der Waals surface area contributed by atoms with Crippen molar-refractivity contribution in [3.05, 3.63) is 41.3 Å². The van der Waals surface area contributed by atoms with Crippen LogP contribution in [0.4, 0.5) is 5.69 Å². The van der Waals surface area contributed by atoms with Crippen LogP contribution < -0.4 is 4.90 Å². The number of carbonyl (C=O) groups excluding carboxylic acids is 2. The normalized spacial score (nSPS) is 16.9. The molecule has 8 nitrogen and oxygen atoms in total. The van der Waals surface area contributed by atoms with Crippen LogP contribution in [0.1, 0.15) is 62.7 Å². The van der Waals surface area contributed by atoms with E-state index in [1.807, 2.05) is 12.1 Å². The molecule has 2 rings (SSSR count). The summed E-state index contributed by atoms with van der Waals surface area (Å²) in [6.45, 7) is 5.79. The molecule has 0 saturated carbocycles. The third-order valence-corrected chi connectivity index (χ3v) is 5.21. The molecule has 0 spiro atoms. The van der Waals surface area contributed by atoms with Gasteiger partial charge in [-0.1, -0.05) is 39.5 Å². The summed E-state index contributed by atoms with van der Waals surface area (Å²) in [6, 6.07) is 7.12. The van der Waals surface area contributed by atoms with Gasteiger partial charge in [0, 0.05) is 18.8 Å². The summed E-state index contributed by atoms with van der Waals surface area (Å²) < 4.78 is 9.72. The second-order valence-electron chi connectivity index (χ2n) is 7.67. The van der Waals surface area contributed by atoms with Crippen molar-refractivity contribution in [1.82, 2.24) is 0 Å². The Bertz CT molecular complexity index is 750. The summed E-state index contributed by atoms with van der Waals surface area (Å²) in [4.78, 5) is 25.8. The first kappa shape index (κ1) is 24.5. The second kappa shape index (κ2) is 12.2. The Morgan fingerprint density at radius 1 is 1.06 bits per heavy atom. The van der Waals surface area contributed by atoms with Crippen molar-refractivity contribution in [2.45, 2.75) is 64.6 Å². The lowest BCUT2D eigenvalue weighted by Crippen LogP contribution is -2.33. The molecule has 1 aromatic rings. The second-order valence-corrected chi connectivity index (χ2v) is 7.67. The maximum atomic E-state index is 12.3. The lowest BCUT2D eigenvalue weighted by atomic mass is 10.1. The van der Waals surface area contributed by atoms with E-state index in [1.165, 1.54) is 12.8 Å². The molecule has 3 N–H and O–H groups in total. The number of anilines is 1. The Balaban J connectivity index is 1.92. The van der Waals surface area contributed by atoms with Crippen LogP contribution in [0.5, 0.6) is 0 Å². The van der Waals surface area contributed by atoms with E-state index in [-0.39, 0.29) is 0 Å². The van der Waals surface area contributed by atoms with E-state index in [1.54, 1.807) is 12.1 Å². The number of aliphatic hydroxyl groups excluding tert-OH is 3. The van der Waals surface area contributed by atoms with Gasteiger partial charge in [0.1, 0.15) is 12.7 Å². The number of carbonyl (C=O) groups is 2. The molecule has 0 fully saturated rings. The highest BCUT2D eigenvalue weighted by Gasteiger charge is 2.39. The Morgan fingerprint density at radius 2 is 1.65 bits per heavy atom. The SMILES string of the molecule is CCCCCN(CCCCC)c1ccc(C(=O)OCC(O)C2OC(=O)C(O)=C2O)cc1.